The number of amides is 1. The molecule has 1 N–H and O–H groups in total. The highest BCUT2D eigenvalue weighted by atomic mass is 32.2. The zero-order valence-electron chi connectivity index (χ0n) is 13.2. The Morgan fingerprint density at radius 1 is 1.43 bits per heavy atom. The lowest BCUT2D eigenvalue weighted by atomic mass is 9.81. The number of thioether (sulfide) groups is 1. The molecule has 1 aromatic heterocycles. The Morgan fingerprint density at radius 2 is 2.22 bits per heavy atom. The largest absolute Gasteiger partial charge is 0.481 e. The maximum Gasteiger partial charge on any atom is 0.313 e. The van der Waals surface area contributed by atoms with Gasteiger partial charge >= 0.3 is 5.97 Å². The number of carbonyl (C=O) groups is 2. The third-order valence-electron chi connectivity index (χ3n) is 4.69. The van der Waals surface area contributed by atoms with Gasteiger partial charge in [-0.05, 0) is 6.26 Å². The first-order chi connectivity index (χ1) is 10.9. The third kappa shape index (κ3) is 2.94. The maximum absolute atomic E-state index is 11.8. The minimum Gasteiger partial charge on any atom is -0.481 e. The molecule has 3 rings (SSSR count). The van der Waals surface area contributed by atoms with Crippen LogP contribution in [0.2, 0.25) is 0 Å². The summed E-state index contributed by atoms with van der Waals surface area (Å²) in [4.78, 5) is 31.4. The van der Waals surface area contributed by atoms with Gasteiger partial charge in [0, 0.05) is 39.0 Å². The molecule has 8 nitrogen and oxygen atoms in total. The highest BCUT2D eigenvalue weighted by Crippen LogP contribution is 2.43. The first-order valence-electron chi connectivity index (χ1n) is 7.46. The van der Waals surface area contributed by atoms with E-state index in [1.807, 2.05) is 11.2 Å². The molecule has 0 bridgehead atoms. The Kier molecular flexibility index (Phi) is 4.33. The minimum absolute atomic E-state index is 0.0579. The lowest BCUT2D eigenvalue weighted by molar-refractivity contribution is -0.149. The van der Waals surface area contributed by atoms with Gasteiger partial charge in [-0.3, -0.25) is 14.5 Å². The van der Waals surface area contributed by atoms with Gasteiger partial charge in [-0.1, -0.05) is 5.16 Å². The summed E-state index contributed by atoms with van der Waals surface area (Å²) in [5.41, 5.74) is -0.881. The molecule has 2 saturated heterocycles. The molecular formula is C14H20N4O4S. The molecule has 0 spiro atoms. The van der Waals surface area contributed by atoms with Crippen molar-refractivity contribution in [3.8, 4) is 0 Å². The summed E-state index contributed by atoms with van der Waals surface area (Å²) >= 11 is 1.62. The van der Waals surface area contributed by atoms with Crippen LogP contribution in [0.5, 0.6) is 0 Å². The van der Waals surface area contributed by atoms with E-state index >= 15 is 0 Å². The smallest absolute Gasteiger partial charge is 0.313 e. The highest BCUT2D eigenvalue weighted by molar-refractivity contribution is 7.97. The SMILES string of the molecule is CSCc1noc(CN2C[C@H]3CN(C(C)=O)C[C@@]3(C(=O)O)C2)n1. The number of fused-ring (bicyclic) bond motifs is 1. The maximum atomic E-state index is 11.8. The van der Waals surface area contributed by atoms with Crippen molar-refractivity contribution in [2.75, 3.05) is 32.4 Å². The number of nitrogens with zero attached hydrogens (tertiary/aromatic N) is 4. The van der Waals surface area contributed by atoms with Crippen molar-refractivity contribution >= 4 is 23.6 Å². The number of rotatable bonds is 5. The fourth-order valence-electron chi connectivity index (χ4n) is 3.57. The molecule has 3 heterocycles. The number of carboxylic acids is 1. The van der Waals surface area contributed by atoms with Gasteiger partial charge in [0.15, 0.2) is 5.82 Å². The molecular weight excluding hydrogens is 320 g/mol. The van der Waals surface area contributed by atoms with Crippen LogP contribution in [0.15, 0.2) is 4.52 Å². The molecule has 0 aromatic carbocycles. The number of hydrogen-bond acceptors (Lipinski definition) is 7. The summed E-state index contributed by atoms with van der Waals surface area (Å²) < 4.78 is 5.23. The van der Waals surface area contributed by atoms with Gasteiger partial charge in [-0.2, -0.15) is 16.7 Å². The first kappa shape index (κ1) is 16.3. The Bertz CT molecular complexity index is 622. The third-order valence-corrected chi connectivity index (χ3v) is 5.24. The van der Waals surface area contributed by atoms with Crippen molar-refractivity contribution in [1.29, 1.82) is 0 Å². The average Bonchev–Trinajstić information content (AvgIpc) is 3.12. The van der Waals surface area contributed by atoms with E-state index in [0.717, 1.165) is 0 Å². The summed E-state index contributed by atoms with van der Waals surface area (Å²) in [5, 5.41) is 13.6. The van der Waals surface area contributed by atoms with Crippen molar-refractivity contribution in [2.24, 2.45) is 11.3 Å². The fraction of sp³-hybridized carbons (Fsp3) is 0.714. The number of carboxylic acid groups (broad SMARTS) is 1. The number of likely N-dealkylation sites (tertiary alicyclic amines) is 2. The summed E-state index contributed by atoms with van der Waals surface area (Å²) in [7, 11) is 0. The van der Waals surface area contributed by atoms with Gasteiger partial charge in [0.25, 0.3) is 0 Å². The Balaban J connectivity index is 1.69. The van der Waals surface area contributed by atoms with Crippen molar-refractivity contribution in [3.63, 3.8) is 0 Å². The van der Waals surface area contributed by atoms with E-state index in [0.29, 0.717) is 43.6 Å². The molecule has 1 amide bonds. The van der Waals surface area contributed by atoms with E-state index in [1.54, 1.807) is 16.7 Å². The van der Waals surface area contributed by atoms with Gasteiger partial charge in [0.2, 0.25) is 11.8 Å². The fourth-order valence-corrected chi connectivity index (χ4v) is 3.94. The average molecular weight is 340 g/mol. The van der Waals surface area contributed by atoms with Crippen LogP contribution in [0, 0.1) is 11.3 Å². The van der Waals surface area contributed by atoms with Crippen LogP contribution in [0.25, 0.3) is 0 Å². The van der Waals surface area contributed by atoms with E-state index in [1.165, 1.54) is 6.92 Å². The molecule has 2 aliphatic rings. The summed E-state index contributed by atoms with van der Waals surface area (Å²) in [5.74, 6) is 0.907. The van der Waals surface area contributed by atoms with Gasteiger partial charge in [-0.15, -0.1) is 0 Å². The topological polar surface area (TPSA) is 99.8 Å². The van der Waals surface area contributed by atoms with Crippen molar-refractivity contribution in [3.05, 3.63) is 11.7 Å². The van der Waals surface area contributed by atoms with E-state index in [9.17, 15) is 14.7 Å². The standard InChI is InChI=1S/C14H20N4O4S/c1-9(19)18-4-10-3-17(7-14(10,8-18)13(20)21)5-12-15-11(6-23-2)16-22-12/h10H,3-8H2,1-2H3,(H,20,21)/t10-,14-/m0/s1. The molecule has 23 heavy (non-hydrogen) atoms. The van der Waals surface area contributed by atoms with Crippen molar-refractivity contribution < 1.29 is 19.2 Å². The van der Waals surface area contributed by atoms with Crippen molar-refractivity contribution in [1.82, 2.24) is 19.9 Å². The second-order valence-corrected chi connectivity index (χ2v) is 7.13. The van der Waals surface area contributed by atoms with Crippen LogP contribution in [-0.4, -0.2) is 69.4 Å². The second kappa shape index (κ2) is 6.12. The predicted molar refractivity (Wildman–Crippen MR) is 82.6 cm³/mol. The summed E-state index contributed by atoms with van der Waals surface area (Å²) in [6, 6.07) is 0. The number of hydrogen-bond donors (Lipinski definition) is 1. The zero-order valence-corrected chi connectivity index (χ0v) is 14.0. The van der Waals surface area contributed by atoms with E-state index in [4.69, 9.17) is 4.52 Å². The molecule has 2 fully saturated rings. The van der Waals surface area contributed by atoms with Gasteiger partial charge in [0.1, 0.15) is 5.41 Å². The van der Waals surface area contributed by atoms with E-state index in [2.05, 4.69) is 10.1 Å². The molecule has 2 aliphatic heterocycles. The van der Waals surface area contributed by atoms with Crippen LogP contribution < -0.4 is 0 Å². The minimum atomic E-state index is -0.881. The van der Waals surface area contributed by atoms with Gasteiger partial charge < -0.3 is 14.5 Å². The zero-order chi connectivity index (χ0) is 16.6. The molecule has 0 saturated carbocycles. The number of aromatic nitrogens is 2. The molecule has 1 aromatic rings. The van der Waals surface area contributed by atoms with Crippen LogP contribution in [0.4, 0.5) is 0 Å². The second-order valence-electron chi connectivity index (χ2n) is 6.26. The van der Waals surface area contributed by atoms with Crippen molar-refractivity contribution in [2.45, 2.75) is 19.2 Å². The molecule has 0 unspecified atom stereocenters. The first-order valence-corrected chi connectivity index (χ1v) is 8.85. The summed E-state index contributed by atoms with van der Waals surface area (Å²) in [6.45, 7) is 3.74. The monoisotopic (exact) mass is 340 g/mol. The van der Waals surface area contributed by atoms with Gasteiger partial charge in [0.05, 0.1) is 12.3 Å². The van der Waals surface area contributed by atoms with E-state index < -0.39 is 11.4 Å². The van der Waals surface area contributed by atoms with Crippen LogP contribution >= 0.6 is 11.8 Å². The Hall–Kier alpha value is -1.61. The Labute approximate surface area is 138 Å². The lowest BCUT2D eigenvalue weighted by Gasteiger charge is -2.24. The van der Waals surface area contributed by atoms with Gasteiger partial charge in [-0.25, -0.2) is 0 Å². The molecule has 9 heteroatoms. The summed E-state index contributed by atoms with van der Waals surface area (Å²) in [6.07, 6.45) is 1.97. The number of aliphatic carboxylic acids is 1. The highest BCUT2D eigenvalue weighted by Gasteiger charge is 2.58. The quantitative estimate of drug-likeness (QED) is 0.817. The molecule has 0 aliphatic carbocycles. The van der Waals surface area contributed by atoms with Crippen LogP contribution in [-0.2, 0) is 21.9 Å². The van der Waals surface area contributed by atoms with Crippen LogP contribution in [0.3, 0.4) is 0 Å². The molecule has 0 radical (unpaired) electrons. The number of carbonyl (C=O) groups excluding carboxylic acids is 1. The Morgan fingerprint density at radius 3 is 2.83 bits per heavy atom. The predicted octanol–water partition coefficient (Wildman–Crippen LogP) is 0.298. The normalized spacial score (nSPS) is 27.4. The molecule has 126 valence electrons. The van der Waals surface area contributed by atoms with E-state index in [-0.39, 0.29) is 18.4 Å². The van der Waals surface area contributed by atoms with Crippen LogP contribution in [0.1, 0.15) is 18.6 Å². The lowest BCUT2D eigenvalue weighted by Crippen LogP contribution is -2.41. The molecule has 2 atom stereocenters.